The summed E-state index contributed by atoms with van der Waals surface area (Å²) in [6.45, 7) is 1.91. The maximum atomic E-state index is 5.25. The van der Waals surface area contributed by atoms with Crippen molar-refractivity contribution < 1.29 is 0 Å². The fourth-order valence-electron chi connectivity index (χ4n) is 0.408. The summed E-state index contributed by atoms with van der Waals surface area (Å²) < 4.78 is 0. The summed E-state index contributed by atoms with van der Waals surface area (Å²) in [6, 6.07) is 0. The van der Waals surface area contributed by atoms with Gasteiger partial charge in [0.2, 0.25) is 0 Å². The van der Waals surface area contributed by atoms with Crippen molar-refractivity contribution in [2.45, 2.75) is 6.42 Å². The van der Waals surface area contributed by atoms with Crippen LogP contribution in [0, 0.1) is 0 Å². The smallest absolute Gasteiger partial charge is 0.00128 e. The predicted octanol–water partition coefficient (Wildman–Crippen LogP) is 0.515. The zero-order chi connectivity index (χ0) is 5.70. The average Bonchev–Trinajstić information content (AvgIpc) is 1.61. The predicted molar refractivity (Wildman–Crippen MR) is 47.6 cm³/mol. The van der Waals surface area contributed by atoms with Gasteiger partial charge >= 0.3 is 0 Å². The van der Waals surface area contributed by atoms with Crippen molar-refractivity contribution in [3.8, 4) is 0 Å². The van der Waals surface area contributed by atoms with Crippen LogP contribution in [0.15, 0.2) is 0 Å². The van der Waals surface area contributed by atoms with Gasteiger partial charge in [0.05, 0.1) is 0 Å². The molecule has 0 aromatic rings. The largest absolute Gasteiger partial charge is 0.330 e. The molecule has 0 aromatic heterocycles. The molecule has 0 atom stereocenters. The van der Waals surface area contributed by atoms with Crippen LogP contribution in [0.5, 0.6) is 0 Å². The summed E-state index contributed by atoms with van der Waals surface area (Å²) in [5.41, 5.74) is 5.25. The summed E-state index contributed by atoms with van der Waals surface area (Å²) in [7, 11) is 4.10. The molecule has 0 amide bonds. The summed E-state index contributed by atoms with van der Waals surface area (Å²) in [6.07, 6.45) is 1.10. The zero-order valence-electron chi connectivity index (χ0n) is 5.55. The highest BCUT2D eigenvalue weighted by Crippen LogP contribution is 1.76. The minimum absolute atomic E-state index is 0. The molecular formula is C5H15IN2. The Hall–Kier alpha value is 0.650. The lowest BCUT2D eigenvalue weighted by molar-refractivity contribution is 0.403. The Bertz CT molecular complexity index is 39.4. The third kappa shape index (κ3) is 9.82. The van der Waals surface area contributed by atoms with E-state index in [2.05, 4.69) is 19.0 Å². The van der Waals surface area contributed by atoms with Gasteiger partial charge in [-0.3, -0.25) is 0 Å². The Morgan fingerprint density at radius 1 is 1.38 bits per heavy atom. The van der Waals surface area contributed by atoms with Gasteiger partial charge in [-0.15, -0.1) is 24.0 Å². The molecule has 0 spiro atoms. The van der Waals surface area contributed by atoms with Crippen molar-refractivity contribution in [2.24, 2.45) is 5.73 Å². The SMILES string of the molecule is CN(C)CCCN.I. The molecule has 0 bridgehead atoms. The van der Waals surface area contributed by atoms with Crippen LogP contribution in [0.25, 0.3) is 0 Å². The van der Waals surface area contributed by atoms with E-state index in [4.69, 9.17) is 5.73 Å². The van der Waals surface area contributed by atoms with Crippen LogP contribution in [0.3, 0.4) is 0 Å². The average molecular weight is 230 g/mol. The fourth-order valence-corrected chi connectivity index (χ4v) is 0.408. The van der Waals surface area contributed by atoms with E-state index >= 15 is 0 Å². The van der Waals surface area contributed by atoms with Gasteiger partial charge < -0.3 is 10.6 Å². The molecule has 0 unspecified atom stereocenters. The van der Waals surface area contributed by atoms with E-state index in [9.17, 15) is 0 Å². The number of halogens is 1. The normalized spacial score (nSPS) is 9.00. The Morgan fingerprint density at radius 2 is 1.88 bits per heavy atom. The van der Waals surface area contributed by atoms with Crippen molar-refractivity contribution in [1.29, 1.82) is 0 Å². The molecule has 0 aliphatic carbocycles. The van der Waals surface area contributed by atoms with E-state index in [1.165, 1.54) is 0 Å². The molecule has 8 heavy (non-hydrogen) atoms. The van der Waals surface area contributed by atoms with Gasteiger partial charge in [-0.05, 0) is 33.6 Å². The molecule has 0 radical (unpaired) electrons. The number of nitrogens with zero attached hydrogens (tertiary/aromatic N) is 1. The van der Waals surface area contributed by atoms with Crippen molar-refractivity contribution in [1.82, 2.24) is 4.90 Å². The fraction of sp³-hybridized carbons (Fsp3) is 1.00. The zero-order valence-corrected chi connectivity index (χ0v) is 7.88. The highest BCUT2D eigenvalue weighted by atomic mass is 127. The third-order valence-electron chi connectivity index (χ3n) is 0.809. The molecule has 2 N–H and O–H groups in total. The number of hydrogen-bond donors (Lipinski definition) is 1. The summed E-state index contributed by atoms with van der Waals surface area (Å²) in [5, 5.41) is 0. The topological polar surface area (TPSA) is 29.3 Å². The second-order valence-corrected chi connectivity index (χ2v) is 1.95. The molecule has 0 heterocycles. The lowest BCUT2D eigenvalue weighted by Gasteiger charge is -2.05. The second kappa shape index (κ2) is 7.65. The standard InChI is InChI=1S/C5H14N2.HI/c1-7(2)5-3-4-6;/h3-6H2,1-2H3;1H. The molecule has 0 saturated carbocycles. The van der Waals surface area contributed by atoms with Crippen LogP contribution in [-0.2, 0) is 0 Å². The summed E-state index contributed by atoms with van der Waals surface area (Å²) >= 11 is 0. The van der Waals surface area contributed by atoms with Crippen molar-refractivity contribution >= 4 is 24.0 Å². The third-order valence-corrected chi connectivity index (χ3v) is 0.809. The van der Waals surface area contributed by atoms with Gasteiger partial charge in [0, 0.05) is 0 Å². The van der Waals surface area contributed by atoms with E-state index < -0.39 is 0 Å². The van der Waals surface area contributed by atoms with Crippen LogP contribution >= 0.6 is 24.0 Å². The summed E-state index contributed by atoms with van der Waals surface area (Å²) in [4.78, 5) is 2.13. The molecule has 0 aromatic carbocycles. The number of rotatable bonds is 3. The molecule has 2 nitrogen and oxygen atoms in total. The molecule has 3 heteroatoms. The maximum Gasteiger partial charge on any atom is -0.00128 e. The lowest BCUT2D eigenvalue weighted by atomic mass is 10.4. The monoisotopic (exact) mass is 230 g/mol. The highest BCUT2D eigenvalue weighted by Gasteiger charge is 1.83. The van der Waals surface area contributed by atoms with Gasteiger partial charge in [0.1, 0.15) is 0 Å². The van der Waals surface area contributed by atoms with Crippen LogP contribution in [-0.4, -0.2) is 32.1 Å². The Kier molecular flexibility index (Phi) is 10.9. The van der Waals surface area contributed by atoms with E-state index in [1.807, 2.05) is 0 Å². The first kappa shape index (κ1) is 11.4. The Labute approximate surface area is 68.4 Å². The Morgan fingerprint density at radius 3 is 2.00 bits per heavy atom. The van der Waals surface area contributed by atoms with Gasteiger partial charge in [0.15, 0.2) is 0 Å². The summed E-state index contributed by atoms with van der Waals surface area (Å²) in [5.74, 6) is 0. The van der Waals surface area contributed by atoms with Crippen LogP contribution in [0.1, 0.15) is 6.42 Å². The first-order chi connectivity index (χ1) is 3.27. The van der Waals surface area contributed by atoms with Gasteiger partial charge in [0.25, 0.3) is 0 Å². The molecule has 0 aliphatic rings. The van der Waals surface area contributed by atoms with Crippen molar-refractivity contribution in [2.75, 3.05) is 27.2 Å². The van der Waals surface area contributed by atoms with Crippen LogP contribution < -0.4 is 5.73 Å². The van der Waals surface area contributed by atoms with E-state index in [1.54, 1.807) is 0 Å². The van der Waals surface area contributed by atoms with E-state index in [0.717, 1.165) is 19.5 Å². The highest BCUT2D eigenvalue weighted by molar-refractivity contribution is 14.0. The van der Waals surface area contributed by atoms with E-state index in [-0.39, 0.29) is 24.0 Å². The second-order valence-electron chi connectivity index (χ2n) is 1.95. The van der Waals surface area contributed by atoms with Gasteiger partial charge in [-0.25, -0.2) is 0 Å². The first-order valence-corrected chi connectivity index (χ1v) is 2.62. The molecule has 0 rings (SSSR count). The van der Waals surface area contributed by atoms with Crippen LogP contribution in [0.4, 0.5) is 0 Å². The quantitative estimate of drug-likeness (QED) is 0.716. The van der Waals surface area contributed by atoms with Crippen molar-refractivity contribution in [3.05, 3.63) is 0 Å². The van der Waals surface area contributed by atoms with Crippen LogP contribution in [0.2, 0.25) is 0 Å². The molecule has 0 aliphatic heterocycles. The number of hydrogen-bond acceptors (Lipinski definition) is 2. The first-order valence-electron chi connectivity index (χ1n) is 2.62. The lowest BCUT2D eigenvalue weighted by Crippen LogP contribution is -2.16. The molecular weight excluding hydrogens is 215 g/mol. The van der Waals surface area contributed by atoms with Gasteiger partial charge in [-0.2, -0.15) is 0 Å². The Balaban J connectivity index is 0. The van der Waals surface area contributed by atoms with Gasteiger partial charge in [-0.1, -0.05) is 0 Å². The van der Waals surface area contributed by atoms with E-state index in [0.29, 0.717) is 0 Å². The van der Waals surface area contributed by atoms with Crippen molar-refractivity contribution in [3.63, 3.8) is 0 Å². The molecule has 0 fully saturated rings. The molecule has 52 valence electrons. The maximum absolute atomic E-state index is 5.25. The molecule has 0 saturated heterocycles. The number of nitrogens with two attached hydrogens (primary N) is 1. The minimum atomic E-state index is 0. The minimum Gasteiger partial charge on any atom is -0.330 e.